The lowest BCUT2D eigenvalue weighted by Crippen LogP contribution is -2.43. The Balaban J connectivity index is 2.44. The van der Waals surface area contributed by atoms with Crippen LogP contribution in [0.2, 0.25) is 5.02 Å². The van der Waals surface area contributed by atoms with E-state index in [1.807, 2.05) is 0 Å². The summed E-state index contributed by atoms with van der Waals surface area (Å²) in [5.41, 5.74) is -9.41. The van der Waals surface area contributed by atoms with E-state index in [1.54, 1.807) is 6.07 Å². The highest BCUT2D eigenvalue weighted by molar-refractivity contribution is 9.09. The molecule has 0 bridgehead atoms. The molecule has 1 aromatic carbocycles. The molecule has 1 aliphatic heterocycles. The van der Waals surface area contributed by atoms with E-state index in [2.05, 4.69) is 26.3 Å². The summed E-state index contributed by atoms with van der Waals surface area (Å²) in [4.78, 5) is -1.01. The van der Waals surface area contributed by atoms with Crippen LogP contribution in [-0.2, 0) is 22.9 Å². The molecule has 0 aliphatic carbocycles. The quantitative estimate of drug-likeness (QED) is 0.333. The fourth-order valence-corrected chi connectivity index (χ4v) is 4.85. The maximum atomic E-state index is 13.3. The van der Waals surface area contributed by atoms with Gasteiger partial charge in [0.05, 0.1) is 34.3 Å². The van der Waals surface area contributed by atoms with Crippen LogP contribution in [0.4, 0.5) is 32.2 Å². The second kappa shape index (κ2) is 7.78. The van der Waals surface area contributed by atoms with Gasteiger partial charge in [0, 0.05) is 10.9 Å². The smallest absolute Gasteiger partial charge is 0.578 e. The van der Waals surface area contributed by atoms with Crippen LogP contribution in [0.15, 0.2) is 17.0 Å². The summed E-state index contributed by atoms with van der Waals surface area (Å²) in [6.45, 7) is 0. The lowest BCUT2D eigenvalue weighted by Gasteiger charge is -2.38. The molecule has 0 amide bonds. The zero-order valence-electron chi connectivity index (χ0n) is 14.7. The van der Waals surface area contributed by atoms with E-state index in [-0.39, 0.29) is 16.6 Å². The molecule has 164 valence electrons. The van der Waals surface area contributed by atoms with E-state index >= 15 is 0 Å². The summed E-state index contributed by atoms with van der Waals surface area (Å²) in [5, 5.41) is 24.0. The number of nitrogens with zero attached hydrogens (tertiary/aromatic N) is 4. The first-order chi connectivity index (χ1) is 14.3. The van der Waals surface area contributed by atoms with Crippen LogP contribution in [0.25, 0.3) is 5.69 Å². The van der Waals surface area contributed by atoms with Crippen LogP contribution in [0.1, 0.15) is 23.2 Å². The first kappa shape index (κ1) is 23.5. The standard InChI is InChI=1S/C16H7BrClF6N5OS/c17-6-14(1-2-25)8-3-7(15(19,20)21)4-9(18)11(8)29-13(27-14)12(10(5-26)28-29)31(30)16(22,23)24/h3-4,27H,1,6H2. The fraction of sp³-hybridized carbons (Fsp3) is 0.312. The Bertz CT molecular complexity index is 1140. The highest BCUT2D eigenvalue weighted by Gasteiger charge is 2.53. The third-order valence-corrected chi connectivity index (χ3v) is 6.85. The molecule has 2 unspecified atom stereocenters. The summed E-state index contributed by atoms with van der Waals surface area (Å²) in [5.74, 6) is -0.559. The Hall–Kier alpha value is -2.13. The molecule has 1 N–H and O–H groups in total. The van der Waals surface area contributed by atoms with Crippen molar-refractivity contribution in [3.05, 3.63) is 34.0 Å². The van der Waals surface area contributed by atoms with Crippen LogP contribution >= 0.6 is 27.5 Å². The van der Waals surface area contributed by atoms with Gasteiger partial charge in [0.15, 0.2) is 5.82 Å². The van der Waals surface area contributed by atoms with Crippen molar-refractivity contribution in [2.45, 2.75) is 28.5 Å². The Morgan fingerprint density at radius 1 is 1.26 bits per heavy atom. The predicted molar refractivity (Wildman–Crippen MR) is 100 cm³/mol. The minimum atomic E-state index is -5.26. The van der Waals surface area contributed by atoms with Crippen molar-refractivity contribution in [1.29, 1.82) is 10.5 Å². The molecular weight excluding hydrogens is 540 g/mol. The molecule has 1 aliphatic rings. The minimum Gasteiger partial charge on any atom is -0.604 e. The number of benzene rings is 1. The SMILES string of the molecule is N#CCC1(CBr)Nc2c([S+]([O-])C(F)(F)F)c(C#N)nn2-c2c(Cl)cc(C(F)(F)F)cc21. The Labute approximate surface area is 186 Å². The average Bonchev–Trinajstić information content (AvgIpc) is 3.03. The number of nitrogens with one attached hydrogen (secondary N) is 1. The maximum absolute atomic E-state index is 13.3. The Morgan fingerprint density at radius 3 is 2.39 bits per heavy atom. The highest BCUT2D eigenvalue weighted by atomic mass is 79.9. The first-order valence-corrected chi connectivity index (χ1v) is 10.6. The van der Waals surface area contributed by atoms with Crippen LogP contribution < -0.4 is 5.32 Å². The van der Waals surface area contributed by atoms with Gasteiger partial charge in [0.1, 0.15) is 17.2 Å². The fourth-order valence-electron chi connectivity index (χ4n) is 3.10. The summed E-state index contributed by atoms with van der Waals surface area (Å²) in [7, 11) is 0. The maximum Gasteiger partial charge on any atom is 0.578 e. The number of halogens is 8. The van der Waals surface area contributed by atoms with Gasteiger partial charge in [-0.2, -0.15) is 23.7 Å². The van der Waals surface area contributed by atoms with Gasteiger partial charge in [0.25, 0.3) is 0 Å². The molecule has 2 aromatic rings. The largest absolute Gasteiger partial charge is 0.604 e. The molecule has 0 spiro atoms. The highest BCUT2D eigenvalue weighted by Crippen LogP contribution is 2.49. The van der Waals surface area contributed by atoms with E-state index < -0.39 is 61.8 Å². The molecule has 15 heteroatoms. The number of rotatable bonds is 3. The average molecular weight is 547 g/mol. The van der Waals surface area contributed by atoms with E-state index in [4.69, 9.17) is 11.6 Å². The van der Waals surface area contributed by atoms with Gasteiger partial charge in [0.2, 0.25) is 10.6 Å². The molecule has 3 rings (SSSR count). The molecule has 0 fully saturated rings. The van der Waals surface area contributed by atoms with Crippen molar-refractivity contribution in [3.8, 4) is 17.8 Å². The van der Waals surface area contributed by atoms with Crippen molar-refractivity contribution >= 4 is 44.5 Å². The number of hydrogen-bond acceptors (Lipinski definition) is 5. The van der Waals surface area contributed by atoms with Crippen molar-refractivity contribution in [1.82, 2.24) is 9.78 Å². The monoisotopic (exact) mass is 545 g/mol. The molecule has 2 heterocycles. The van der Waals surface area contributed by atoms with Gasteiger partial charge in [-0.15, -0.1) is 18.3 Å². The normalized spacial score (nSPS) is 18.9. The molecule has 31 heavy (non-hydrogen) atoms. The van der Waals surface area contributed by atoms with Gasteiger partial charge in [-0.3, -0.25) is 0 Å². The molecule has 1 aromatic heterocycles. The number of aromatic nitrogens is 2. The van der Waals surface area contributed by atoms with E-state index in [1.165, 1.54) is 6.07 Å². The Kier molecular flexibility index (Phi) is 5.90. The van der Waals surface area contributed by atoms with Gasteiger partial charge in [-0.25, -0.2) is 4.68 Å². The molecule has 2 atom stereocenters. The van der Waals surface area contributed by atoms with Crippen molar-refractivity contribution in [3.63, 3.8) is 0 Å². The van der Waals surface area contributed by atoms with Crippen molar-refractivity contribution in [2.75, 3.05) is 10.6 Å². The third-order valence-electron chi connectivity index (χ3n) is 4.43. The first-order valence-electron chi connectivity index (χ1n) is 7.95. The molecule has 0 radical (unpaired) electrons. The van der Waals surface area contributed by atoms with Crippen LogP contribution in [0.3, 0.4) is 0 Å². The molecule has 0 saturated heterocycles. The van der Waals surface area contributed by atoms with Crippen LogP contribution in [0, 0.1) is 22.7 Å². The zero-order chi connectivity index (χ0) is 23.4. The van der Waals surface area contributed by atoms with Gasteiger partial charge in [-0.1, -0.05) is 27.5 Å². The number of anilines is 1. The van der Waals surface area contributed by atoms with Crippen molar-refractivity contribution < 1.29 is 30.9 Å². The number of hydrogen-bond donors (Lipinski definition) is 1. The zero-order valence-corrected chi connectivity index (χ0v) is 17.9. The summed E-state index contributed by atoms with van der Waals surface area (Å²) in [6.07, 6.45) is -5.32. The second-order valence-electron chi connectivity index (χ2n) is 6.29. The molecular formula is C16H7BrClF6N5OS. The summed E-state index contributed by atoms with van der Waals surface area (Å²) in [6, 6.07) is 4.42. The van der Waals surface area contributed by atoms with E-state index in [0.29, 0.717) is 16.8 Å². The van der Waals surface area contributed by atoms with Gasteiger partial charge in [-0.05, 0) is 12.1 Å². The lowest BCUT2D eigenvalue weighted by atomic mass is 9.85. The lowest BCUT2D eigenvalue weighted by molar-refractivity contribution is -0.137. The van der Waals surface area contributed by atoms with E-state index in [0.717, 1.165) is 0 Å². The predicted octanol–water partition coefficient (Wildman–Crippen LogP) is 4.97. The molecule has 6 nitrogen and oxygen atoms in total. The van der Waals surface area contributed by atoms with Crippen LogP contribution in [0.5, 0.6) is 0 Å². The number of fused-ring (bicyclic) bond motifs is 3. The van der Waals surface area contributed by atoms with E-state index in [9.17, 15) is 41.4 Å². The minimum absolute atomic E-state index is 0.186. The molecule has 0 saturated carbocycles. The second-order valence-corrected chi connectivity index (χ2v) is 8.67. The van der Waals surface area contributed by atoms with Gasteiger partial charge < -0.3 is 9.87 Å². The number of alkyl halides is 7. The third kappa shape index (κ3) is 3.82. The van der Waals surface area contributed by atoms with Gasteiger partial charge >= 0.3 is 11.7 Å². The summed E-state index contributed by atoms with van der Waals surface area (Å²) < 4.78 is 92.4. The van der Waals surface area contributed by atoms with Crippen molar-refractivity contribution in [2.24, 2.45) is 0 Å². The number of nitriles is 2. The summed E-state index contributed by atoms with van der Waals surface area (Å²) >= 11 is 5.46. The van der Waals surface area contributed by atoms with Crippen LogP contribution in [-0.4, -0.2) is 25.2 Å². The Morgan fingerprint density at radius 2 is 1.90 bits per heavy atom. The topological polar surface area (TPSA) is 100 Å².